The van der Waals surface area contributed by atoms with E-state index in [4.69, 9.17) is 18.9 Å². The largest absolute Gasteiger partial charge is 0.463 e. The van der Waals surface area contributed by atoms with Crippen LogP contribution >= 0.6 is 0 Å². The van der Waals surface area contributed by atoms with E-state index in [0.717, 1.165) is 38.5 Å². The lowest BCUT2D eigenvalue weighted by atomic mass is 10.0. The molecule has 0 saturated heterocycles. The van der Waals surface area contributed by atoms with Crippen molar-refractivity contribution in [1.29, 1.82) is 0 Å². The second-order valence-electron chi connectivity index (χ2n) is 14.3. The van der Waals surface area contributed by atoms with Crippen molar-refractivity contribution in [2.75, 3.05) is 20.0 Å². The van der Waals surface area contributed by atoms with Gasteiger partial charge in [-0.2, -0.15) is 0 Å². The van der Waals surface area contributed by atoms with Crippen LogP contribution in [0.3, 0.4) is 0 Å². The molecule has 0 N–H and O–H groups in total. The van der Waals surface area contributed by atoms with E-state index in [0.29, 0.717) is 12.8 Å². The summed E-state index contributed by atoms with van der Waals surface area (Å²) in [6.45, 7) is 5.49. The number of hydrogen-bond donors (Lipinski definition) is 0. The molecule has 0 aliphatic carbocycles. The molecule has 7 nitrogen and oxygen atoms in total. The maximum atomic E-state index is 12.3. The van der Waals surface area contributed by atoms with Gasteiger partial charge in [-0.05, 0) is 12.8 Å². The first-order valence-electron chi connectivity index (χ1n) is 21.1. The fourth-order valence-electron chi connectivity index (χ4n) is 6.16. The number of hydrogen-bond acceptors (Lipinski definition) is 7. The molecule has 49 heavy (non-hydrogen) atoms. The van der Waals surface area contributed by atoms with E-state index in [1.807, 2.05) is 0 Å². The van der Waals surface area contributed by atoms with Gasteiger partial charge in [0, 0.05) is 19.8 Å². The van der Waals surface area contributed by atoms with Crippen LogP contribution in [0, 0.1) is 0 Å². The molecule has 0 unspecified atom stereocenters. The molecule has 0 bridgehead atoms. The second-order valence-corrected chi connectivity index (χ2v) is 14.3. The molecule has 0 aromatic rings. The van der Waals surface area contributed by atoms with Gasteiger partial charge in [-0.15, -0.1) is 0 Å². The lowest BCUT2D eigenvalue weighted by molar-refractivity contribution is -0.174. The van der Waals surface area contributed by atoms with Gasteiger partial charge in [-0.1, -0.05) is 194 Å². The molecule has 0 radical (unpaired) electrons. The van der Waals surface area contributed by atoms with Crippen LogP contribution < -0.4 is 0 Å². The number of unbranched alkanes of at least 4 members (excludes halogenated alkanes) is 28. The van der Waals surface area contributed by atoms with Crippen LogP contribution in [0.5, 0.6) is 0 Å². The molecule has 0 aliphatic rings. The van der Waals surface area contributed by atoms with Crippen LogP contribution in [0.1, 0.15) is 226 Å². The normalized spacial score (nSPS) is 11.3. The Balaban J connectivity index is 3.84. The van der Waals surface area contributed by atoms with Crippen LogP contribution in [0.4, 0.5) is 0 Å². The molecule has 0 atom stereocenters. The summed E-state index contributed by atoms with van der Waals surface area (Å²) < 4.78 is 21.2. The van der Waals surface area contributed by atoms with Crippen molar-refractivity contribution in [1.82, 2.24) is 0 Å². The Labute approximate surface area is 303 Å². The summed E-state index contributed by atoms with van der Waals surface area (Å²) in [7, 11) is 0. The Hall–Kier alpha value is -1.63. The van der Waals surface area contributed by atoms with Gasteiger partial charge in [0.2, 0.25) is 0 Å². The van der Waals surface area contributed by atoms with Crippen molar-refractivity contribution < 1.29 is 33.3 Å². The van der Waals surface area contributed by atoms with E-state index in [9.17, 15) is 14.4 Å². The molecule has 0 aromatic carbocycles. The third-order valence-corrected chi connectivity index (χ3v) is 9.40. The van der Waals surface area contributed by atoms with E-state index < -0.39 is 12.1 Å². The highest BCUT2D eigenvalue weighted by atomic mass is 16.7. The minimum Gasteiger partial charge on any atom is -0.463 e. The maximum Gasteiger partial charge on any atom is 0.305 e. The average molecular weight is 697 g/mol. The van der Waals surface area contributed by atoms with Gasteiger partial charge in [-0.25, -0.2) is 0 Å². The third kappa shape index (κ3) is 39.0. The molecular formula is C42H80O7. The van der Waals surface area contributed by atoms with Gasteiger partial charge >= 0.3 is 17.9 Å². The SMILES string of the molecule is CCCCCCCCCCCCCCCCCC(=O)OCC(COC(=O)CCCCCCCCCCCCCCCCC)OCOC(C)=O. The molecule has 0 rings (SSSR count). The molecule has 0 aliphatic heterocycles. The summed E-state index contributed by atoms with van der Waals surface area (Å²) in [5.41, 5.74) is 0. The number of rotatable bonds is 39. The summed E-state index contributed by atoms with van der Waals surface area (Å²) in [5.74, 6) is -1.02. The first-order chi connectivity index (χ1) is 24.0. The Kier molecular flexibility index (Phi) is 37.9. The number of esters is 3. The molecular weight excluding hydrogens is 616 g/mol. The van der Waals surface area contributed by atoms with Gasteiger partial charge in [0.05, 0.1) is 0 Å². The summed E-state index contributed by atoms with van der Waals surface area (Å²) in [6.07, 6.45) is 38.4. The van der Waals surface area contributed by atoms with Gasteiger partial charge in [0.25, 0.3) is 0 Å². The van der Waals surface area contributed by atoms with Gasteiger partial charge in [0.15, 0.2) is 6.79 Å². The Morgan fingerprint density at radius 2 is 0.653 bits per heavy atom. The van der Waals surface area contributed by atoms with Crippen LogP contribution in [-0.4, -0.2) is 44.0 Å². The van der Waals surface area contributed by atoms with Crippen molar-refractivity contribution in [3.63, 3.8) is 0 Å². The average Bonchev–Trinajstić information content (AvgIpc) is 3.09. The maximum absolute atomic E-state index is 12.3. The fraction of sp³-hybridized carbons (Fsp3) is 0.929. The third-order valence-electron chi connectivity index (χ3n) is 9.40. The van der Waals surface area contributed by atoms with Gasteiger partial charge in [-0.3, -0.25) is 14.4 Å². The number of ether oxygens (including phenoxy) is 4. The first-order valence-corrected chi connectivity index (χ1v) is 21.1. The monoisotopic (exact) mass is 697 g/mol. The molecule has 0 spiro atoms. The number of carbonyl (C=O) groups excluding carboxylic acids is 3. The molecule has 0 aromatic heterocycles. The zero-order valence-electron chi connectivity index (χ0n) is 32.7. The summed E-state index contributed by atoms with van der Waals surface area (Å²) >= 11 is 0. The summed E-state index contributed by atoms with van der Waals surface area (Å²) in [5, 5.41) is 0. The summed E-state index contributed by atoms with van der Waals surface area (Å²) in [6, 6.07) is 0. The van der Waals surface area contributed by atoms with Crippen LogP contribution in [0.25, 0.3) is 0 Å². The predicted molar refractivity (Wildman–Crippen MR) is 203 cm³/mol. The minimum absolute atomic E-state index is 0.0366. The van der Waals surface area contributed by atoms with Crippen molar-refractivity contribution in [2.45, 2.75) is 232 Å². The van der Waals surface area contributed by atoms with Crippen molar-refractivity contribution >= 4 is 17.9 Å². The lowest BCUT2D eigenvalue weighted by Crippen LogP contribution is -2.29. The van der Waals surface area contributed by atoms with Crippen molar-refractivity contribution in [3.05, 3.63) is 0 Å². The zero-order valence-corrected chi connectivity index (χ0v) is 32.7. The van der Waals surface area contributed by atoms with E-state index in [1.165, 1.54) is 161 Å². The molecule has 7 heteroatoms. The first kappa shape index (κ1) is 47.4. The van der Waals surface area contributed by atoms with E-state index in [1.54, 1.807) is 0 Å². The van der Waals surface area contributed by atoms with Gasteiger partial charge in [0.1, 0.15) is 19.3 Å². The summed E-state index contributed by atoms with van der Waals surface area (Å²) in [4.78, 5) is 35.7. The van der Waals surface area contributed by atoms with Gasteiger partial charge < -0.3 is 18.9 Å². The molecule has 0 heterocycles. The van der Waals surface area contributed by atoms with E-state index in [2.05, 4.69) is 13.8 Å². The van der Waals surface area contributed by atoms with Crippen molar-refractivity contribution in [3.8, 4) is 0 Å². The quantitative estimate of drug-likeness (QED) is 0.0273. The van der Waals surface area contributed by atoms with E-state index >= 15 is 0 Å². The Morgan fingerprint density at radius 3 is 0.918 bits per heavy atom. The van der Waals surface area contributed by atoms with Crippen LogP contribution in [0.15, 0.2) is 0 Å². The zero-order chi connectivity index (χ0) is 35.9. The van der Waals surface area contributed by atoms with Crippen LogP contribution in [0.2, 0.25) is 0 Å². The second kappa shape index (κ2) is 39.2. The Morgan fingerprint density at radius 1 is 0.388 bits per heavy atom. The molecule has 290 valence electrons. The van der Waals surface area contributed by atoms with Crippen molar-refractivity contribution in [2.24, 2.45) is 0 Å². The molecule has 0 amide bonds. The molecule has 0 fully saturated rings. The van der Waals surface area contributed by atoms with E-state index in [-0.39, 0.29) is 31.9 Å². The Bertz CT molecular complexity index is 676. The van der Waals surface area contributed by atoms with Crippen LogP contribution in [-0.2, 0) is 33.3 Å². The standard InChI is InChI=1S/C42H80O7/c1-4-6-8-10-12-14-16-18-20-22-24-26-28-30-32-34-41(44)46-36-40(49-38-48-39(3)43)37-47-42(45)35-33-31-29-27-25-23-21-19-17-15-13-11-9-7-5-2/h40H,4-38H2,1-3H3. The fourth-order valence-corrected chi connectivity index (χ4v) is 6.16. The smallest absolute Gasteiger partial charge is 0.305 e. The topological polar surface area (TPSA) is 88.1 Å². The highest BCUT2D eigenvalue weighted by molar-refractivity contribution is 5.69. The highest BCUT2D eigenvalue weighted by Gasteiger charge is 2.16. The minimum atomic E-state index is -0.672. The number of carbonyl (C=O) groups is 3. The lowest BCUT2D eigenvalue weighted by Gasteiger charge is -2.18. The molecule has 0 saturated carbocycles. The highest BCUT2D eigenvalue weighted by Crippen LogP contribution is 2.15. The predicted octanol–water partition coefficient (Wildman–Crippen LogP) is 12.5.